The summed E-state index contributed by atoms with van der Waals surface area (Å²) in [5, 5.41) is 4.52. The minimum Gasteiger partial charge on any atom is -0.293 e. The van der Waals surface area contributed by atoms with Gasteiger partial charge in [-0.3, -0.25) is 9.48 Å². The fourth-order valence-corrected chi connectivity index (χ4v) is 4.75. The van der Waals surface area contributed by atoms with Crippen LogP contribution in [0.15, 0.2) is 18.3 Å². The third-order valence-electron chi connectivity index (χ3n) is 3.95. The van der Waals surface area contributed by atoms with E-state index in [1.54, 1.807) is 11.3 Å². The summed E-state index contributed by atoms with van der Waals surface area (Å²) >= 11 is 3.64. The summed E-state index contributed by atoms with van der Waals surface area (Å²) in [7, 11) is 0. The summed E-state index contributed by atoms with van der Waals surface area (Å²) in [6, 6.07) is 4.45. The largest absolute Gasteiger partial charge is 0.293 e. The maximum Gasteiger partial charge on any atom is 0.178 e. The first-order valence-electron chi connectivity index (χ1n) is 7.44. The van der Waals surface area contributed by atoms with E-state index in [0.717, 1.165) is 29.2 Å². The Kier molecular flexibility index (Phi) is 4.50. The zero-order valence-electron chi connectivity index (χ0n) is 12.5. The number of carbonyl (C=O) groups excluding carboxylic acids is 1. The highest BCUT2D eigenvalue weighted by Gasteiger charge is 2.18. The lowest BCUT2D eigenvalue weighted by atomic mass is 10.1. The number of hydrogen-bond acceptors (Lipinski definition) is 4. The lowest BCUT2D eigenvalue weighted by Crippen LogP contribution is -2.07. The molecule has 1 aliphatic heterocycles. The van der Waals surface area contributed by atoms with Gasteiger partial charge in [0.25, 0.3) is 0 Å². The zero-order chi connectivity index (χ0) is 14.8. The van der Waals surface area contributed by atoms with Gasteiger partial charge >= 0.3 is 0 Å². The number of ketones is 1. The van der Waals surface area contributed by atoms with Gasteiger partial charge in [-0.2, -0.15) is 16.9 Å². The normalized spacial score (nSPS) is 15.7. The van der Waals surface area contributed by atoms with E-state index in [2.05, 4.69) is 25.0 Å². The van der Waals surface area contributed by atoms with E-state index < -0.39 is 0 Å². The summed E-state index contributed by atoms with van der Waals surface area (Å²) < 4.78 is 1.96. The second-order valence-electron chi connectivity index (χ2n) is 5.51. The molecule has 0 fully saturated rings. The van der Waals surface area contributed by atoms with Gasteiger partial charge in [0.15, 0.2) is 5.78 Å². The number of carbonyl (C=O) groups is 1. The van der Waals surface area contributed by atoms with Crippen molar-refractivity contribution in [2.24, 2.45) is 0 Å². The topological polar surface area (TPSA) is 34.9 Å². The first-order chi connectivity index (χ1) is 10.2. The van der Waals surface area contributed by atoms with Gasteiger partial charge in [-0.1, -0.05) is 6.92 Å². The first kappa shape index (κ1) is 14.9. The molecule has 0 saturated carbocycles. The van der Waals surface area contributed by atoms with Gasteiger partial charge in [0.2, 0.25) is 0 Å². The molecule has 0 N–H and O–H groups in total. The molecule has 0 bridgehead atoms. The highest BCUT2D eigenvalue weighted by atomic mass is 32.2. The molecule has 1 aliphatic rings. The van der Waals surface area contributed by atoms with Crippen molar-refractivity contribution in [3.63, 3.8) is 0 Å². The zero-order valence-corrected chi connectivity index (χ0v) is 14.1. The van der Waals surface area contributed by atoms with Crippen LogP contribution in [0.25, 0.3) is 0 Å². The molecule has 0 radical (unpaired) electrons. The highest BCUT2D eigenvalue weighted by molar-refractivity contribution is 7.98. The molecule has 0 aromatic carbocycles. The SMILES string of the molecule is CCC(C)n1ccc(CC(=O)c2cc3c(s2)CCSC3)n1. The van der Waals surface area contributed by atoms with Crippen LogP contribution < -0.4 is 0 Å². The molecule has 1 unspecified atom stereocenters. The number of thioether (sulfide) groups is 1. The van der Waals surface area contributed by atoms with E-state index in [1.807, 2.05) is 28.7 Å². The van der Waals surface area contributed by atoms with Gasteiger partial charge in [0.1, 0.15) is 0 Å². The van der Waals surface area contributed by atoms with Crippen LogP contribution in [0.2, 0.25) is 0 Å². The van der Waals surface area contributed by atoms with Crippen LogP contribution >= 0.6 is 23.1 Å². The quantitative estimate of drug-likeness (QED) is 0.777. The maximum atomic E-state index is 12.4. The molecular formula is C16H20N2OS2. The Hall–Kier alpha value is -1.07. The lowest BCUT2D eigenvalue weighted by molar-refractivity contribution is 0.0995. The number of thiophene rings is 1. The van der Waals surface area contributed by atoms with Crippen molar-refractivity contribution in [2.75, 3.05) is 5.75 Å². The van der Waals surface area contributed by atoms with Crippen molar-refractivity contribution >= 4 is 28.9 Å². The van der Waals surface area contributed by atoms with Gasteiger partial charge in [-0.15, -0.1) is 11.3 Å². The van der Waals surface area contributed by atoms with Crippen LogP contribution in [0.1, 0.15) is 52.1 Å². The summed E-state index contributed by atoms with van der Waals surface area (Å²) in [4.78, 5) is 14.7. The van der Waals surface area contributed by atoms with Crippen LogP contribution in [-0.4, -0.2) is 21.3 Å². The second-order valence-corrected chi connectivity index (χ2v) is 7.75. The van der Waals surface area contributed by atoms with Gasteiger partial charge in [0, 0.05) is 22.9 Å². The van der Waals surface area contributed by atoms with Gasteiger partial charge in [0.05, 0.1) is 17.0 Å². The number of Topliss-reactive ketones (excluding diaryl/α,β-unsaturated/α-hetero) is 1. The number of aromatic nitrogens is 2. The van der Waals surface area contributed by atoms with Crippen LogP contribution in [0.5, 0.6) is 0 Å². The van der Waals surface area contributed by atoms with E-state index in [0.29, 0.717) is 12.5 Å². The third kappa shape index (κ3) is 3.24. The van der Waals surface area contributed by atoms with Crippen molar-refractivity contribution in [3.05, 3.63) is 39.3 Å². The first-order valence-corrected chi connectivity index (χ1v) is 9.41. The van der Waals surface area contributed by atoms with E-state index in [1.165, 1.54) is 16.2 Å². The average Bonchev–Trinajstić information content (AvgIpc) is 3.12. The van der Waals surface area contributed by atoms with Crippen molar-refractivity contribution in [3.8, 4) is 0 Å². The molecule has 0 aliphatic carbocycles. The molecule has 21 heavy (non-hydrogen) atoms. The Balaban J connectivity index is 1.71. The number of rotatable bonds is 5. The third-order valence-corrected chi connectivity index (χ3v) is 6.24. The average molecular weight is 320 g/mol. The molecular weight excluding hydrogens is 300 g/mol. The fraction of sp³-hybridized carbons (Fsp3) is 0.500. The number of hydrogen-bond donors (Lipinski definition) is 0. The van der Waals surface area contributed by atoms with E-state index >= 15 is 0 Å². The molecule has 2 aromatic heterocycles. The highest BCUT2D eigenvalue weighted by Crippen LogP contribution is 2.32. The molecule has 5 heteroatoms. The maximum absolute atomic E-state index is 12.4. The Morgan fingerprint density at radius 2 is 2.38 bits per heavy atom. The molecule has 0 saturated heterocycles. The summed E-state index contributed by atoms with van der Waals surface area (Å²) in [5.41, 5.74) is 2.24. The Morgan fingerprint density at radius 3 is 3.14 bits per heavy atom. The predicted molar refractivity (Wildman–Crippen MR) is 89.4 cm³/mol. The Bertz CT molecular complexity index is 621. The summed E-state index contributed by atoms with van der Waals surface area (Å²) in [6.07, 6.45) is 4.55. The van der Waals surface area contributed by atoms with Gasteiger partial charge in [-0.25, -0.2) is 0 Å². The predicted octanol–water partition coefficient (Wildman–Crippen LogP) is 4.13. The molecule has 0 amide bonds. The Morgan fingerprint density at radius 1 is 1.52 bits per heavy atom. The van der Waals surface area contributed by atoms with Crippen LogP contribution in [0.3, 0.4) is 0 Å². The lowest BCUT2D eigenvalue weighted by Gasteiger charge is -2.08. The summed E-state index contributed by atoms with van der Waals surface area (Å²) in [6.45, 7) is 4.29. The molecule has 2 aromatic rings. The van der Waals surface area contributed by atoms with Gasteiger partial charge < -0.3 is 0 Å². The van der Waals surface area contributed by atoms with E-state index in [4.69, 9.17) is 0 Å². The van der Waals surface area contributed by atoms with Crippen molar-refractivity contribution < 1.29 is 4.79 Å². The minimum absolute atomic E-state index is 0.203. The standard InChI is InChI=1S/C16H20N2OS2/c1-3-11(2)18-6-4-13(17-18)9-14(19)16-8-12-10-20-7-5-15(12)21-16/h4,6,8,11H,3,5,7,9-10H2,1-2H3. The number of aryl methyl sites for hydroxylation is 1. The van der Waals surface area contributed by atoms with Crippen molar-refractivity contribution in [2.45, 2.75) is 44.9 Å². The molecule has 112 valence electrons. The smallest absolute Gasteiger partial charge is 0.178 e. The fourth-order valence-electron chi connectivity index (χ4n) is 2.44. The molecule has 3 nitrogen and oxygen atoms in total. The number of fused-ring (bicyclic) bond motifs is 1. The summed E-state index contributed by atoms with van der Waals surface area (Å²) in [5.74, 6) is 2.44. The number of nitrogens with zero attached hydrogens (tertiary/aromatic N) is 2. The van der Waals surface area contributed by atoms with Crippen molar-refractivity contribution in [1.29, 1.82) is 0 Å². The minimum atomic E-state index is 0.203. The van der Waals surface area contributed by atoms with E-state index in [-0.39, 0.29) is 5.78 Å². The molecule has 1 atom stereocenters. The van der Waals surface area contributed by atoms with Crippen LogP contribution in [0.4, 0.5) is 0 Å². The second kappa shape index (κ2) is 6.36. The van der Waals surface area contributed by atoms with Crippen LogP contribution in [-0.2, 0) is 18.6 Å². The Labute approximate surface area is 133 Å². The van der Waals surface area contributed by atoms with Crippen molar-refractivity contribution in [1.82, 2.24) is 9.78 Å². The van der Waals surface area contributed by atoms with Gasteiger partial charge in [-0.05, 0) is 43.2 Å². The molecule has 0 spiro atoms. The van der Waals surface area contributed by atoms with E-state index in [9.17, 15) is 4.79 Å². The van der Waals surface area contributed by atoms with Crippen LogP contribution in [0, 0.1) is 0 Å². The molecule has 3 heterocycles. The molecule has 3 rings (SSSR count). The monoisotopic (exact) mass is 320 g/mol.